The van der Waals surface area contributed by atoms with Crippen molar-refractivity contribution in [1.29, 1.82) is 0 Å². The molecule has 1 aliphatic heterocycles. The molecule has 0 aromatic heterocycles. The first-order valence-corrected chi connectivity index (χ1v) is 5.69. The number of amides is 1. The van der Waals surface area contributed by atoms with E-state index in [-0.39, 0.29) is 12.0 Å². The van der Waals surface area contributed by atoms with Gasteiger partial charge in [0.1, 0.15) is 6.61 Å². The molecule has 1 heterocycles. The fraction of sp³-hybridized carbons (Fsp3) is 0.909. The molecular formula is C11H19NO2. The summed E-state index contributed by atoms with van der Waals surface area (Å²) in [4.78, 5) is 13.5. The first-order valence-electron chi connectivity index (χ1n) is 5.69. The Kier molecular flexibility index (Phi) is 3.06. The minimum absolute atomic E-state index is 0.184. The number of carbonyl (C=O) groups is 1. The molecule has 1 aliphatic carbocycles. The highest BCUT2D eigenvalue weighted by atomic mass is 16.5. The van der Waals surface area contributed by atoms with E-state index in [0.29, 0.717) is 6.61 Å². The predicted octanol–water partition coefficient (Wildman–Crippen LogP) is 1.42. The topological polar surface area (TPSA) is 29.5 Å². The normalized spacial score (nSPS) is 28.2. The number of hydrogen-bond donors (Lipinski definition) is 0. The van der Waals surface area contributed by atoms with Crippen LogP contribution in [0.3, 0.4) is 0 Å². The van der Waals surface area contributed by atoms with Gasteiger partial charge in [0.05, 0.1) is 6.10 Å². The second-order valence-electron chi connectivity index (χ2n) is 4.46. The third kappa shape index (κ3) is 2.47. The van der Waals surface area contributed by atoms with Gasteiger partial charge in [-0.25, -0.2) is 0 Å². The van der Waals surface area contributed by atoms with E-state index in [0.717, 1.165) is 31.8 Å². The third-order valence-electron chi connectivity index (χ3n) is 3.01. The molecule has 1 amide bonds. The lowest BCUT2D eigenvalue weighted by Crippen LogP contribution is -2.47. The second-order valence-corrected chi connectivity index (χ2v) is 4.46. The van der Waals surface area contributed by atoms with Crippen LogP contribution in [0, 0.1) is 5.92 Å². The lowest BCUT2D eigenvalue weighted by atomic mass is 10.1. The zero-order valence-corrected chi connectivity index (χ0v) is 8.87. The molecule has 0 spiro atoms. The highest BCUT2D eigenvalue weighted by Gasteiger charge is 2.31. The smallest absolute Gasteiger partial charge is 0.248 e. The predicted molar refractivity (Wildman–Crippen MR) is 54.0 cm³/mol. The van der Waals surface area contributed by atoms with Gasteiger partial charge in [0.25, 0.3) is 0 Å². The highest BCUT2D eigenvalue weighted by molar-refractivity contribution is 5.78. The molecule has 1 unspecified atom stereocenters. The summed E-state index contributed by atoms with van der Waals surface area (Å²) in [6.07, 6.45) is 5.12. The van der Waals surface area contributed by atoms with E-state index in [1.807, 2.05) is 4.90 Å². The zero-order chi connectivity index (χ0) is 9.97. The fourth-order valence-electron chi connectivity index (χ4n) is 1.97. The van der Waals surface area contributed by atoms with E-state index in [4.69, 9.17) is 4.74 Å². The van der Waals surface area contributed by atoms with Gasteiger partial charge in [-0.2, -0.15) is 0 Å². The van der Waals surface area contributed by atoms with Crippen molar-refractivity contribution in [2.24, 2.45) is 5.92 Å². The van der Waals surface area contributed by atoms with E-state index in [2.05, 4.69) is 6.92 Å². The van der Waals surface area contributed by atoms with Gasteiger partial charge in [-0.1, -0.05) is 13.3 Å². The molecule has 2 fully saturated rings. The number of rotatable bonds is 4. The highest BCUT2D eigenvalue weighted by Crippen LogP contribution is 2.30. The van der Waals surface area contributed by atoms with Gasteiger partial charge < -0.3 is 9.64 Å². The van der Waals surface area contributed by atoms with Crippen LogP contribution in [-0.4, -0.2) is 36.6 Å². The molecule has 1 saturated heterocycles. The quantitative estimate of drug-likeness (QED) is 0.682. The van der Waals surface area contributed by atoms with Crippen LogP contribution >= 0.6 is 0 Å². The van der Waals surface area contributed by atoms with Gasteiger partial charge >= 0.3 is 0 Å². The molecule has 3 heteroatoms. The average Bonchev–Trinajstić information content (AvgIpc) is 2.95. The molecule has 0 radical (unpaired) electrons. The molecule has 0 aromatic carbocycles. The van der Waals surface area contributed by atoms with Crippen molar-refractivity contribution in [3.8, 4) is 0 Å². The second kappa shape index (κ2) is 4.30. The molecular weight excluding hydrogens is 178 g/mol. The van der Waals surface area contributed by atoms with Crippen LogP contribution in [-0.2, 0) is 9.53 Å². The number of ether oxygens (including phenoxy) is 1. The van der Waals surface area contributed by atoms with Crippen LogP contribution in [0.5, 0.6) is 0 Å². The minimum atomic E-state index is 0.184. The summed E-state index contributed by atoms with van der Waals surface area (Å²) in [5.41, 5.74) is 0. The van der Waals surface area contributed by atoms with Gasteiger partial charge in [-0.3, -0.25) is 4.79 Å². The molecule has 0 N–H and O–H groups in total. The maximum absolute atomic E-state index is 11.5. The molecule has 14 heavy (non-hydrogen) atoms. The molecule has 2 rings (SSSR count). The van der Waals surface area contributed by atoms with Crippen LogP contribution in [0.1, 0.15) is 32.6 Å². The molecule has 1 atom stereocenters. The van der Waals surface area contributed by atoms with Crippen molar-refractivity contribution in [3.05, 3.63) is 0 Å². The molecule has 80 valence electrons. The number of morpholine rings is 1. The Bertz CT molecular complexity index is 213. The Hall–Kier alpha value is -0.570. The number of nitrogens with zero attached hydrogens (tertiary/aromatic N) is 1. The zero-order valence-electron chi connectivity index (χ0n) is 8.87. The molecule has 0 aromatic rings. The summed E-state index contributed by atoms with van der Waals surface area (Å²) < 4.78 is 5.47. The summed E-state index contributed by atoms with van der Waals surface area (Å²) in [5, 5.41) is 0. The van der Waals surface area contributed by atoms with Gasteiger partial charge in [0, 0.05) is 13.1 Å². The van der Waals surface area contributed by atoms with E-state index in [9.17, 15) is 4.79 Å². The number of hydrogen-bond acceptors (Lipinski definition) is 2. The lowest BCUT2D eigenvalue weighted by Gasteiger charge is -2.32. The van der Waals surface area contributed by atoms with Crippen molar-refractivity contribution in [2.75, 3.05) is 19.7 Å². The molecule has 0 bridgehead atoms. The van der Waals surface area contributed by atoms with E-state index < -0.39 is 0 Å². The van der Waals surface area contributed by atoms with Crippen molar-refractivity contribution >= 4 is 5.91 Å². The third-order valence-corrected chi connectivity index (χ3v) is 3.01. The summed E-state index contributed by atoms with van der Waals surface area (Å²) in [7, 11) is 0. The Morgan fingerprint density at radius 1 is 1.50 bits per heavy atom. The standard InChI is InChI=1S/C11H19NO2/c1-2-3-10-7-12(6-9-4-5-9)11(13)8-14-10/h9-10H,2-8H2,1H3. The van der Waals surface area contributed by atoms with E-state index in [1.54, 1.807) is 0 Å². The SMILES string of the molecule is CCCC1CN(CC2CC2)C(=O)CO1. The van der Waals surface area contributed by atoms with Crippen LogP contribution in [0.4, 0.5) is 0 Å². The van der Waals surface area contributed by atoms with Gasteiger partial charge in [0.15, 0.2) is 0 Å². The first kappa shape index (κ1) is 9.97. The Balaban J connectivity index is 1.82. The van der Waals surface area contributed by atoms with Crippen LogP contribution in [0.15, 0.2) is 0 Å². The summed E-state index contributed by atoms with van der Waals surface area (Å²) >= 11 is 0. The largest absolute Gasteiger partial charge is 0.367 e. The maximum Gasteiger partial charge on any atom is 0.248 e. The van der Waals surface area contributed by atoms with Crippen molar-refractivity contribution in [3.63, 3.8) is 0 Å². The van der Waals surface area contributed by atoms with Gasteiger partial charge in [-0.15, -0.1) is 0 Å². The monoisotopic (exact) mass is 197 g/mol. The summed E-state index contributed by atoms with van der Waals surface area (Å²) in [6.45, 7) is 4.26. The van der Waals surface area contributed by atoms with Gasteiger partial charge in [0.2, 0.25) is 5.91 Å². The maximum atomic E-state index is 11.5. The minimum Gasteiger partial charge on any atom is -0.367 e. The fourth-order valence-corrected chi connectivity index (χ4v) is 1.97. The Labute approximate surface area is 85.4 Å². The van der Waals surface area contributed by atoms with Crippen molar-refractivity contribution in [1.82, 2.24) is 4.90 Å². The molecule has 1 saturated carbocycles. The lowest BCUT2D eigenvalue weighted by molar-refractivity contribution is -0.149. The molecule has 3 nitrogen and oxygen atoms in total. The number of carbonyl (C=O) groups excluding carboxylic acids is 1. The van der Waals surface area contributed by atoms with Gasteiger partial charge in [-0.05, 0) is 25.2 Å². The van der Waals surface area contributed by atoms with Crippen LogP contribution < -0.4 is 0 Å². The van der Waals surface area contributed by atoms with Crippen molar-refractivity contribution in [2.45, 2.75) is 38.7 Å². The van der Waals surface area contributed by atoms with E-state index >= 15 is 0 Å². The summed E-state index contributed by atoms with van der Waals surface area (Å²) in [5.74, 6) is 0.976. The van der Waals surface area contributed by atoms with Crippen LogP contribution in [0.25, 0.3) is 0 Å². The Morgan fingerprint density at radius 3 is 2.93 bits per heavy atom. The molecule has 2 aliphatic rings. The van der Waals surface area contributed by atoms with Crippen molar-refractivity contribution < 1.29 is 9.53 Å². The average molecular weight is 197 g/mol. The Morgan fingerprint density at radius 2 is 2.29 bits per heavy atom. The first-order chi connectivity index (χ1) is 6.79. The van der Waals surface area contributed by atoms with E-state index in [1.165, 1.54) is 12.8 Å². The van der Waals surface area contributed by atoms with Crippen LogP contribution in [0.2, 0.25) is 0 Å². The summed E-state index contributed by atoms with van der Waals surface area (Å²) in [6, 6.07) is 0.